The highest BCUT2D eigenvalue weighted by Gasteiger charge is 2.14. The quantitative estimate of drug-likeness (QED) is 0.734. The molecule has 6 nitrogen and oxygen atoms in total. The Hall–Kier alpha value is -3.29. The van der Waals surface area contributed by atoms with E-state index < -0.39 is 31.0 Å². The number of benzene rings is 2. The van der Waals surface area contributed by atoms with Gasteiger partial charge in [0.1, 0.15) is 5.75 Å². The Morgan fingerprint density at radius 2 is 1.68 bits per heavy atom. The molecule has 0 fully saturated rings. The number of carbonyl (C=O) groups is 3. The largest absolute Gasteiger partial charge is 0.455 e. The molecule has 2 rings (SSSR count). The summed E-state index contributed by atoms with van der Waals surface area (Å²) in [7, 11) is 0. The van der Waals surface area contributed by atoms with Crippen molar-refractivity contribution in [3.8, 4) is 5.75 Å². The van der Waals surface area contributed by atoms with E-state index in [9.17, 15) is 23.2 Å². The van der Waals surface area contributed by atoms with Gasteiger partial charge in [0.2, 0.25) is 0 Å². The highest BCUT2D eigenvalue weighted by Crippen LogP contribution is 2.15. The first-order valence-electron chi connectivity index (χ1n) is 8.35. The first-order chi connectivity index (χ1) is 13.2. The van der Waals surface area contributed by atoms with Crippen molar-refractivity contribution in [2.24, 2.45) is 0 Å². The number of hydrogen-bond donors (Lipinski definition) is 1. The summed E-state index contributed by atoms with van der Waals surface area (Å²) in [5.41, 5.74) is 2.97. The van der Waals surface area contributed by atoms with Crippen molar-refractivity contribution in [2.45, 2.75) is 26.9 Å². The summed E-state index contributed by atoms with van der Waals surface area (Å²) < 4.78 is 33.2. The first-order valence-corrected chi connectivity index (χ1v) is 8.35. The Morgan fingerprint density at radius 3 is 2.29 bits per heavy atom. The van der Waals surface area contributed by atoms with Crippen LogP contribution in [0, 0.1) is 13.8 Å². The fourth-order valence-electron chi connectivity index (χ4n) is 2.30. The van der Waals surface area contributed by atoms with Gasteiger partial charge in [0.25, 0.3) is 11.8 Å². The first kappa shape index (κ1) is 21.0. The van der Waals surface area contributed by atoms with Crippen LogP contribution in [-0.4, -0.2) is 31.0 Å². The van der Waals surface area contributed by atoms with E-state index in [1.807, 2.05) is 31.3 Å². The van der Waals surface area contributed by atoms with Gasteiger partial charge in [0.05, 0.1) is 6.42 Å². The third kappa shape index (κ3) is 6.46. The standard InChI is InChI=1S/C20H19F2NO5/c1-12-3-4-14(9-13(12)2)10-18(25)27-11-17(24)23-19(26)15-5-7-16(8-6-15)28-20(21)22/h3-9,20H,10-11H2,1-2H3,(H,23,24,26). The van der Waals surface area contributed by atoms with Crippen LogP contribution in [0.2, 0.25) is 0 Å². The maximum absolute atomic E-state index is 12.1. The average Bonchev–Trinajstić information content (AvgIpc) is 2.63. The second kappa shape index (κ2) is 9.59. The van der Waals surface area contributed by atoms with E-state index >= 15 is 0 Å². The van der Waals surface area contributed by atoms with Gasteiger partial charge in [-0.15, -0.1) is 0 Å². The van der Waals surface area contributed by atoms with Crippen LogP contribution in [0.3, 0.4) is 0 Å². The summed E-state index contributed by atoms with van der Waals surface area (Å²) in [6, 6.07) is 10.4. The van der Waals surface area contributed by atoms with Gasteiger partial charge in [-0.3, -0.25) is 19.7 Å². The van der Waals surface area contributed by atoms with Crippen LogP contribution in [-0.2, 0) is 20.7 Å². The van der Waals surface area contributed by atoms with Gasteiger partial charge >= 0.3 is 12.6 Å². The number of alkyl halides is 2. The molecular weight excluding hydrogens is 372 g/mol. The van der Waals surface area contributed by atoms with Crippen LogP contribution in [0.25, 0.3) is 0 Å². The number of hydrogen-bond acceptors (Lipinski definition) is 5. The zero-order valence-corrected chi connectivity index (χ0v) is 15.3. The van der Waals surface area contributed by atoms with Crippen molar-refractivity contribution in [1.29, 1.82) is 0 Å². The van der Waals surface area contributed by atoms with Crippen LogP contribution in [0.5, 0.6) is 5.75 Å². The second-order valence-electron chi connectivity index (χ2n) is 6.04. The summed E-state index contributed by atoms with van der Waals surface area (Å²) in [4.78, 5) is 35.5. The summed E-state index contributed by atoms with van der Waals surface area (Å²) in [6.45, 7) is 0.301. The maximum Gasteiger partial charge on any atom is 0.387 e. The smallest absolute Gasteiger partial charge is 0.387 e. The molecule has 0 radical (unpaired) electrons. The molecule has 8 heteroatoms. The minimum Gasteiger partial charge on any atom is -0.455 e. The monoisotopic (exact) mass is 391 g/mol. The molecular formula is C20H19F2NO5. The minimum absolute atomic E-state index is 0.00788. The Bertz CT molecular complexity index is 865. The van der Waals surface area contributed by atoms with Gasteiger partial charge in [-0.1, -0.05) is 18.2 Å². The van der Waals surface area contributed by atoms with E-state index in [2.05, 4.69) is 4.74 Å². The Kier molecular flexibility index (Phi) is 7.20. The van der Waals surface area contributed by atoms with Crippen LogP contribution in [0.15, 0.2) is 42.5 Å². The fourth-order valence-corrected chi connectivity index (χ4v) is 2.30. The molecule has 0 aliphatic rings. The highest BCUT2D eigenvalue weighted by atomic mass is 19.3. The van der Waals surface area contributed by atoms with Gasteiger partial charge < -0.3 is 9.47 Å². The number of rotatable bonds is 7. The number of nitrogens with one attached hydrogen (secondary N) is 1. The number of halogens is 2. The number of aryl methyl sites for hydroxylation is 2. The van der Waals surface area contributed by atoms with Gasteiger partial charge in [0.15, 0.2) is 6.61 Å². The van der Waals surface area contributed by atoms with Gasteiger partial charge in [-0.05, 0) is 54.8 Å². The predicted molar refractivity (Wildman–Crippen MR) is 96.1 cm³/mol. The van der Waals surface area contributed by atoms with Crippen molar-refractivity contribution in [3.05, 3.63) is 64.7 Å². The third-order valence-electron chi connectivity index (χ3n) is 3.88. The van der Waals surface area contributed by atoms with E-state index in [1.54, 1.807) is 6.07 Å². The lowest BCUT2D eigenvalue weighted by Crippen LogP contribution is -2.34. The average molecular weight is 391 g/mol. The molecule has 148 valence electrons. The fraction of sp³-hybridized carbons (Fsp3) is 0.250. The molecule has 2 aromatic rings. The molecule has 0 atom stereocenters. The molecule has 0 aliphatic carbocycles. The molecule has 0 aliphatic heterocycles. The van der Waals surface area contributed by atoms with Crippen molar-refractivity contribution in [3.63, 3.8) is 0 Å². The molecule has 0 saturated heterocycles. The second-order valence-corrected chi connectivity index (χ2v) is 6.04. The number of imide groups is 1. The van der Waals surface area contributed by atoms with Crippen LogP contribution in [0.4, 0.5) is 8.78 Å². The molecule has 0 saturated carbocycles. The number of ether oxygens (including phenoxy) is 2. The predicted octanol–water partition coefficient (Wildman–Crippen LogP) is 2.95. The topological polar surface area (TPSA) is 81.7 Å². The lowest BCUT2D eigenvalue weighted by atomic mass is 10.0. The van der Waals surface area contributed by atoms with E-state index in [1.165, 1.54) is 24.3 Å². The maximum atomic E-state index is 12.1. The summed E-state index contributed by atoms with van der Waals surface area (Å²) in [5, 5.41) is 2.05. The number of amides is 2. The summed E-state index contributed by atoms with van der Waals surface area (Å²) in [5.74, 6) is -2.26. The van der Waals surface area contributed by atoms with Crippen LogP contribution < -0.4 is 10.1 Å². The zero-order chi connectivity index (χ0) is 20.7. The van der Waals surface area contributed by atoms with Crippen LogP contribution >= 0.6 is 0 Å². The normalized spacial score (nSPS) is 10.5. The summed E-state index contributed by atoms with van der Waals surface area (Å²) >= 11 is 0. The van der Waals surface area contributed by atoms with E-state index in [0.29, 0.717) is 0 Å². The third-order valence-corrected chi connectivity index (χ3v) is 3.88. The van der Waals surface area contributed by atoms with Crippen molar-refractivity contribution >= 4 is 17.8 Å². The molecule has 0 spiro atoms. The van der Waals surface area contributed by atoms with E-state index in [-0.39, 0.29) is 17.7 Å². The minimum atomic E-state index is -2.97. The van der Waals surface area contributed by atoms with Crippen molar-refractivity contribution in [2.75, 3.05) is 6.61 Å². The SMILES string of the molecule is Cc1ccc(CC(=O)OCC(=O)NC(=O)c2ccc(OC(F)F)cc2)cc1C. The molecule has 2 aromatic carbocycles. The van der Waals surface area contributed by atoms with E-state index in [4.69, 9.17) is 4.74 Å². The van der Waals surface area contributed by atoms with Gasteiger partial charge in [0, 0.05) is 5.56 Å². The molecule has 2 amide bonds. The molecule has 0 bridgehead atoms. The Balaban J connectivity index is 1.80. The summed E-state index contributed by atoms with van der Waals surface area (Å²) in [6.07, 6.45) is 0.00788. The lowest BCUT2D eigenvalue weighted by molar-refractivity contribution is -0.147. The lowest BCUT2D eigenvalue weighted by Gasteiger charge is -2.08. The van der Waals surface area contributed by atoms with Crippen LogP contribution in [0.1, 0.15) is 27.0 Å². The van der Waals surface area contributed by atoms with Gasteiger partial charge in [-0.2, -0.15) is 8.78 Å². The van der Waals surface area contributed by atoms with Gasteiger partial charge in [-0.25, -0.2) is 0 Å². The van der Waals surface area contributed by atoms with Crippen molar-refractivity contribution < 1.29 is 32.6 Å². The molecule has 0 unspecified atom stereocenters. The zero-order valence-electron chi connectivity index (χ0n) is 15.3. The molecule has 1 N–H and O–H groups in total. The molecule has 28 heavy (non-hydrogen) atoms. The molecule has 0 heterocycles. The molecule has 0 aromatic heterocycles. The Morgan fingerprint density at radius 1 is 1.00 bits per heavy atom. The number of carbonyl (C=O) groups excluding carboxylic acids is 3. The number of esters is 1. The Labute approximate surface area is 160 Å². The van der Waals surface area contributed by atoms with Crippen molar-refractivity contribution in [1.82, 2.24) is 5.32 Å². The highest BCUT2D eigenvalue weighted by molar-refractivity contribution is 6.05. The van der Waals surface area contributed by atoms with E-state index in [0.717, 1.165) is 16.7 Å².